The van der Waals surface area contributed by atoms with E-state index in [1.165, 1.54) is 34.6 Å². The molecule has 6 unspecified atom stereocenters. The Morgan fingerprint density at radius 2 is 1.29 bits per heavy atom. The van der Waals surface area contributed by atoms with E-state index in [-0.39, 0.29) is 12.3 Å². The lowest BCUT2D eigenvalue weighted by Crippen LogP contribution is -2.77. The van der Waals surface area contributed by atoms with Crippen LogP contribution >= 0.6 is 0 Å². The molecule has 0 saturated heterocycles. The lowest BCUT2D eigenvalue weighted by Gasteiger charge is -2.70. The molecule has 41 heavy (non-hydrogen) atoms. The fourth-order valence-electron chi connectivity index (χ4n) is 9.29. The monoisotopic (exact) mass is 578 g/mol. The Hall–Kier alpha value is -2.95. The van der Waals surface area contributed by atoms with Gasteiger partial charge in [0.2, 0.25) is 0 Å². The molecule has 0 radical (unpaired) electrons. The van der Waals surface area contributed by atoms with Crippen LogP contribution < -0.4 is 0 Å². The van der Waals surface area contributed by atoms with Crippen molar-refractivity contribution in [1.29, 1.82) is 0 Å². The third-order valence-electron chi connectivity index (χ3n) is 10.2. The average molecular weight is 579 g/mol. The van der Waals surface area contributed by atoms with E-state index in [0.29, 0.717) is 18.4 Å². The van der Waals surface area contributed by atoms with Crippen molar-refractivity contribution in [2.75, 3.05) is 0 Å². The van der Waals surface area contributed by atoms with Gasteiger partial charge in [0.25, 0.3) is 0 Å². The largest absolute Gasteiger partial charge is 0.462 e. The minimum atomic E-state index is -1.26. The molecule has 0 aromatic carbocycles. The molecule has 11 atom stereocenters. The first-order valence-corrected chi connectivity index (χ1v) is 14.1. The molecule has 0 heterocycles. The van der Waals surface area contributed by atoms with Gasteiger partial charge in [-0.1, -0.05) is 27.4 Å². The van der Waals surface area contributed by atoms with Gasteiger partial charge in [0, 0.05) is 58.3 Å². The Morgan fingerprint density at radius 1 is 0.756 bits per heavy atom. The van der Waals surface area contributed by atoms with Crippen molar-refractivity contribution in [1.82, 2.24) is 0 Å². The number of carbonyl (C=O) groups is 5. The molecular weight excluding hydrogens is 536 g/mol. The molecule has 0 aromatic heterocycles. The normalized spacial score (nSPS) is 42.2. The number of ether oxygens (including phenoxy) is 5. The van der Waals surface area contributed by atoms with E-state index in [2.05, 4.69) is 6.58 Å². The summed E-state index contributed by atoms with van der Waals surface area (Å²) >= 11 is 0. The number of rotatable bonds is 5. The van der Waals surface area contributed by atoms with Gasteiger partial charge in [-0.25, -0.2) is 0 Å². The standard InChI is InChI=1S/C30H42O11/c1-13-19-10-20(37-14(2)31)24-29(9)22(38-15(3)32)11-21(36)28(7,8)25(29)23(39-16(4)33)27(41-18(6)35)30(24,12-19)26(13)40-17(5)34/h19-27,36H,1,10-12H2,2-9H3/t19-,20?,21?,22?,23?,24+,25-,26?,27?,29+,30+/m1/s1. The van der Waals surface area contributed by atoms with Crippen molar-refractivity contribution >= 4 is 29.8 Å². The zero-order chi connectivity index (χ0) is 30.8. The summed E-state index contributed by atoms with van der Waals surface area (Å²) in [6.07, 6.45) is -5.23. The van der Waals surface area contributed by atoms with E-state index < -0.39 is 94.6 Å². The summed E-state index contributed by atoms with van der Waals surface area (Å²) in [6.45, 7) is 16.1. The van der Waals surface area contributed by atoms with Crippen molar-refractivity contribution in [3.8, 4) is 0 Å². The van der Waals surface area contributed by atoms with Gasteiger partial charge in [0.05, 0.1) is 11.5 Å². The Morgan fingerprint density at radius 3 is 1.80 bits per heavy atom. The molecule has 228 valence electrons. The predicted molar refractivity (Wildman–Crippen MR) is 142 cm³/mol. The third kappa shape index (κ3) is 4.73. The average Bonchev–Trinajstić information content (AvgIpc) is 3.00. The second-order valence-corrected chi connectivity index (χ2v) is 13.1. The molecular formula is C30H42O11. The lowest BCUT2D eigenvalue weighted by atomic mass is 9.37. The van der Waals surface area contributed by atoms with Crippen molar-refractivity contribution in [2.45, 2.75) is 111 Å². The molecule has 4 rings (SSSR count). The molecule has 1 N–H and O–H groups in total. The van der Waals surface area contributed by atoms with E-state index in [1.807, 2.05) is 20.8 Å². The van der Waals surface area contributed by atoms with Gasteiger partial charge in [-0.15, -0.1) is 0 Å². The van der Waals surface area contributed by atoms with Crippen LogP contribution in [-0.2, 0) is 47.7 Å². The van der Waals surface area contributed by atoms with Gasteiger partial charge in [-0.3, -0.25) is 24.0 Å². The van der Waals surface area contributed by atoms with Crippen molar-refractivity contribution in [3.63, 3.8) is 0 Å². The molecule has 0 amide bonds. The highest BCUT2D eigenvalue weighted by molar-refractivity contribution is 5.69. The molecule has 4 aliphatic rings. The molecule has 1 spiro atoms. The molecule has 4 aliphatic carbocycles. The Balaban J connectivity index is 2.13. The number of carbonyl (C=O) groups excluding carboxylic acids is 5. The summed E-state index contributed by atoms with van der Waals surface area (Å²) in [5.41, 5.74) is -2.77. The fourth-order valence-corrected chi connectivity index (χ4v) is 9.29. The van der Waals surface area contributed by atoms with Gasteiger partial charge < -0.3 is 28.8 Å². The molecule has 0 aromatic rings. The summed E-state index contributed by atoms with van der Waals surface area (Å²) < 4.78 is 30.0. The maximum Gasteiger partial charge on any atom is 0.303 e. The van der Waals surface area contributed by atoms with E-state index in [1.54, 1.807) is 0 Å². The van der Waals surface area contributed by atoms with Crippen LogP contribution in [-0.4, -0.2) is 71.6 Å². The van der Waals surface area contributed by atoms with Gasteiger partial charge in [0.1, 0.15) is 30.5 Å². The highest BCUT2D eigenvalue weighted by Gasteiger charge is 2.80. The molecule has 4 fully saturated rings. The maximum absolute atomic E-state index is 12.7. The van der Waals surface area contributed by atoms with E-state index >= 15 is 0 Å². The third-order valence-corrected chi connectivity index (χ3v) is 10.2. The minimum absolute atomic E-state index is 0.0621. The van der Waals surface area contributed by atoms with Crippen LogP contribution in [0.1, 0.15) is 74.7 Å². The highest BCUT2D eigenvalue weighted by atomic mass is 16.6. The van der Waals surface area contributed by atoms with E-state index in [9.17, 15) is 29.1 Å². The second kappa shape index (κ2) is 10.4. The molecule has 11 heteroatoms. The van der Waals surface area contributed by atoms with Crippen LogP contribution in [0.4, 0.5) is 0 Å². The number of esters is 5. The summed E-state index contributed by atoms with van der Waals surface area (Å²) in [4.78, 5) is 63.0. The molecule has 11 nitrogen and oxygen atoms in total. The molecule has 2 bridgehead atoms. The zero-order valence-corrected chi connectivity index (χ0v) is 25.1. The number of fused-ring (bicyclic) bond motifs is 3. The summed E-state index contributed by atoms with van der Waals surface area (Å²) in [7, 11) is 0. The van der Waals surface area contributed by atoms with Gasteiger partial charge in [-0.05, 0) is 29.7 Å². The first kappa shape index (κ1) is 31.0. The number of aliphatic hydroxyl groups excluding tert-OH is 1. The Bertz CT molecular complexity index is 1160. The van der Waals surface area contributed by atoms with Crippen LogP contribution in [0, 0.1) is 34.0 Å². The van der Waals surface area contributed by atoms with Crippen LogP contribution in [0.15, 0.2) is 12.2 Å². The summed E-state index contributed by atoms with van der Waals surface area (Å²) in [6, 6.07) is 0. The quantitative estimate of drug-likeness (QED) is 0.291. The van der Waals surface area contributed by atoms with Crippen molar-refractivity contribution in [3.05, 3.63) is 12.2 Å². The number of hydrogen-bond acceptors (Lipinski definition) is 11. The minimum Gasteiger partial charge on any atom is -0.462 e. The fraction of sp³-hybridized carbons (Fsp3) is 0.767. The Kier molecular flexibility index (Phi) is 7.86. The lowest BCUT2D eigenvalue weighted by molar-refractivity contribution is -0.325. The van der Waals surface area contributed by atoms with Crippen LogP contribution in [0.25, 0.3) is 0 Å². The molecule has 0 aliphatic heterocycles. The van der Waals surface area contributed by atoms with Crippen molar-refractivity contribution < 1.29 is 52.8 Å². The Labute approximate surface area is 240 Å². The van der Waals surface area contributed by atoms with Gasteiger partial charge >= 0.3 is 29.8 Å². The SMILES string of the molecule is C=C1C(OC(C)=O)[C@]23C[C@H]1CC(OC(C)=O)[C@H]2[C@]1(C)C(OC(C)=O)CC(O)C(C)(C)[C@H]1C(OC(C)=O)C3OC(C)=O. The summed E-state index contributed by atoms with van der Waals surface area (Å²) in [5, 5.41) is 11.4. The predicted octanol–water partition coefficient (Wildman–Crippen LogP) is 2.65. The number of aliphatic hydroxyl groups is 1. The van der Waals surface area contributed by atoms with E-state index in [0.717, 1.165) is 0 Å². The maximum atomic E-state index is 12.7. The molecule has 4 saturated carbocycles. The first-order valence-electron chi connectivity index (χ1n) is 14.1. The van der Waals surface area contributed by atoms with Gasteiger partial charge in [-0.2, -0.15) is 0 Å². The van der Waals surface area contributed by atoms with Crippen LogP contribution in [0.2, 0.25) is 0 Å². The number of hydrogen-bond donors (Lipinski definition) is 1. The topological polar surface area (TPSA) is 152 Å². The second-order valence-electron chi connectivity index (χ2n) is 13.1. The summed E-state index contributed by atoms with van der Waals surface area (Å²) in [5.74, 6) is -4.75. The van der Waals surface area contributed by atoms with Crippen LogP contribution in [0.5, 0.6) is 0 Å². The zero-order valence-electron chi connectivity index (χ0n) is 25.1. The van der Waals surface area contributed by atoms with Crippen molar-refractivity contribution in [2.24, 2.45) is 34.0 Å². The first-order chi connectivity index (χ1) is 18.9. The van der Waals surface area contributed by atoms with Gasteiger partial charge in [0.15, 0.2) is 0 Å². The van der Waals surface area contributed by atoms with E-state index in [4.69, 9.17) is 23.7 Å². The van der Waals surface area contributed by atoms with Crippen LogP contribution in [0.3, 0.4) is 0 Å². The smallest absolute Gasteiger partial charge is 0.303 e. The highest BCUT2D eigenvalue weighted by Crippen LogP contribution is 2.74.